The molecule has 1 rings (SSSR count). The summed E-state index contributed by atoms with van der Waals surface area (Å²) in [4.78, 5) is 22.5. The minimum Gasteiger partial charge on any atom is -0.481 e. The quantitative estimate of drug-likeness (QED) is 0.404. The van der Waals surface area contributed by atoms with E-state index in [1.165, 1.54) is 0 Å². The van der Waals surface area contributed by atoms with Crippen LogP contribution in [0, 0.1) is 11.8 Å². The van der Waals surface area contributed by atoms with Crippen LogP contribution in [0.3, 0.4) is 0 Å². The molecule has 0 fully saturated rings. The highest BCUT2D eigenvalue weighted by atomic mass is 16.4. The molecule has 140 valence electrons. The van der Waals surface area contributed by atoms with Gasteiger partial charge in [-0.3, -0.25) is 9.59 Å². The molecule has 2 N–H and O–H groups in total. The van der Waals surface area contributed by atoms with Gasteiger partial charge in [-0.15, -0.1) is 0 Å². The van der Waals surface area contributed by atoms with E-state index in [-0.39, 0.29) is 24.0 Å². The first kappa shape index (κ1) is 21.4. The summed E-state index contributed by atoms with van der Waals surface area (Å²) in [5, 5.41) is 19.0. The number of carboxylic acids is 1. The van der Waals surface area contributed by atoms with Crippen LogP contribution in [0.15, 0.2) is 36.5 Å². The van der Waals surface area contributed by atoms with Gasteiger partial charge in [-0.25, -0.2) is 0 Å². The molecule has 0 unspecified atom stereocenters. The Morgan fingerprint density at radius 1 is 1.28 bits per heavy atom. The Balaban J connectivity index is 2.48. The van der Waals surface area contributed by atoms with Crippen molar-refractivity contribution in [2.75, 3.05) is 0 Å². The van der Waals surface area contributed by atoms with E-state index in [1.807, 2.05) is 37.3 Å². The molecule has 25 heavy (non-hydrogen) atoms. The van der Waals surface area contributed by atoms with Crippen LogP contribution < -0.4 is 0 Å². The van der Waals surface area contributed by atoms with E-state index in [2.05, 4.69) is 6.92 Å². The molecule has 1 aliphatic carbocycles. The molecule has 0 spiro atoms. The highest BCUT2D eigenvalue weighted by molar-refractivity contribution is 5.95. The zero-order valence-corrected chi connectivity index (χ0v) is 15.5. The van der Waals surface area contributed by atoms with Gasteiger partial charge in [0.05, 0.1) is 5.60 Å². The SMILES string of the molecule is CCCCC[C@](C)(O)/C=C/[C@H]1C=CC(=O)[C@@H]1C/C=C\CCCC(=O)O. The Hall–Kier alpha value is -1.68. The zero-order valence-electron chi connectivity index (χ0n) is 15.5. The third kappa shape index (κ3) is 8.82. The second-order valence-corrected chi connectivity index (χ2v) is 7.11. The number of allylic oxidation sites excluding steroid dienone is 5. The third-order valence-electron chi connectivity index (χ3n) is 4.59. The van der Waals surface area contributed by atoms with Crippen LogP contribution in [0.5, 0.6) is 0 Å². The van der Waals surface area contributed by atoms with Crippen molar-refractivity contribution in [1.29, 1.82) is 0 Å². The number of unbranched alkanes of at least 4 members (excludes halogenated alkanes) is 3. The Labute approximate surface area is 151 Å². The van der Waals surface area contributed by atoms with Gasteiger partial charge in [0, 0.05) is 18.3 Å². The molecule has 3 atom stereocenters. The first-order valence-corrected chi connectivity index (χ1v) is 9.36. The molecule has 0 aliphatic heterocycles. The van der Waals surface area contributed by atoms with Crippen molar-refractivity contribution < 1.29 is 19.8 Å². The Morgan fingerprint density at radius 2 is 2.04 bits per heavy atom. The lowest BCUT2D eigenvalue weighted by Gasteiger charge is -2.20. The van der Waals surface area contributed by atoms with Crippen molar-refractivity contribution >= 4 is 11.8 Å². The summed E-state index contributed by atoms with van der Waals surface area (Å²) in [5.74, 6) is -0.748. The van der Waals surface area contributed by atoms with Gasteiger partial charge in [0.2, 0.25) is 0 Å². The van der Waals surface area contributed by atoms with Gasteiger partial charge in [-0.2, -0.15) is 0 Å². The molecule has 0 radical (unpaired) electrons. The van der Waals surface area contributed by atoms with E-state index in [9.17, 15) is 14.7 Å². The minimum absolute atomic E-state index is 0.0221. The predicted octanol–water partition coefficient (Wildman–Crippen LogP) is 4.45. The summed E-state index contributed by atoms with van der Waals surface area (Å²) in [6.45, 7) is 3.95. The van der Waals surface area contributed by atoms with Crippen LogP contribution in [0.4, 0.5) is 0 Å². The van der Waals surface area contributed by atoms with Crippen molar-refractivity contribution in [3.63, 3.8) is 0 Å². The topological polar surface area (TPSA) is 74.6 Å². The van der Waals surface area contributed by atoms with E-state index in [0.717, 1.165) is 25.7 Å². The molecule has 0 bridgehead atoms. The van der Waals surface area contributed by atoms with Crippen molar-refractivity contribution in [1.82, 2.24) is 0 Å². The van der Waals surface area contributed by atoms with Gasteiger partial charge in [0.15, 0.2) is 5.78 Å². The van der Waals surface area contributed by atoms with Crippen molar-refractivity contribution in [2.24, 2.45) is 11.8 Å². The standard InChI is InChI=1S/C21H32O4/c1-3-4-9-15-21(2,25)16-14-17-12-13-19(22)18(17)10-7-5-6-8-11-20(23)24/h5,7,12-14,16-18,25H,3-4,6,8-11,15H2,1-2H3,(H,23,24)/b7-5-,16-14+/t17-,18-,21+/m1/s1. The normalized spacial score (nSPS) is 22.9. The number of aliphatic carboxylic acids is 1. The molecular formula is C21H32O4. The molecule has 4 nitrogen and oxygen atoms in total. The lowest BCUT2D eigenvalue weighted by Crippen LogP contribution is -2.21. The van der Waals surface area contributed by atoms with Gasteiger partial charge in [0.25, 0.3) is 0 Å². The van der Waals surface area contributed by atoms with Crippen LogP contribution in [-0.2, 0) is 9.59 Å². The summed E-state index contributed by atoms with van der Waals surface area (Å²) >= 11 is 0. The monoisotopic (exact) mass is 348 g/mol. The van der Waals surface area contributed by atoms with Crippen molar-refractivity contribution in [2.45, 2.75) is 70.8 Å². The second kappa shape index (κ2) is 11.0. The molecule has 4 heteroatoms. The smallest absolute Gasteiger partial charge is 0.303 e. The summed E-state index contributed by atoms with van der Waals surface area (Å²) in [6.07, 6.45) is 17.4. The number of hydrogen-bond acceptors (Lipinski definition) is 3. The number of aliphatic hydroxyl groups is 1. The summed E-state index contributed by atoms with van der Waals surface area (Å²) in [6, 6.07) is 0. The number of carboxylic acid groups (broad SMARTS) is 1. The van der Waals surface area contributed by atoms with Crippen molar-refractivity contribution in [3.05, 3.63) is 36.5 Å². The van der Waals surface area contributed by atoms with E-state index in [0.29, 0.717) is 19.3 Å². The lowest BCUT2D eigenvalue weighted by molar-refractivity contribution is -0.137. The van der Waals surface area contributed by atoms with Gasteiger partial charge in [-0.1, -0.05) is 56.6 Å². The Morgan fingerprint density at radius 3 is 2.72 bits per heavy atom. The van der Waals surface area contributed by atoms with Gasteiger partial charge in [0.1, 0.15) is 0 Å². The van der Waals surface area contributed by atoms with Crippen LogP contribution in [0.1, 0.15) is 65.2 Å². The number of ketones is 1. The summed E-state index contributed by atoms with van der Waals surface area (Å²) in [5.41, 5.74) is -0.828. The van der Waals surface area contributed by atoms with E-state index < -0.39 is 11.6 Å². The maximum Gasteiger partial charge on any atom is 0.303 e. The molecule has 0 saturated carbocycles. The van der Waals surface area contributed by atoms with E-state index in [4.69, 9.17) is 5.11 Å². The highest BCUT2D eigenvalue weighted by Crippen LogP contribution is 2.28. The Bertz CT molecular complexity index is 514. The lowest BCUT2D eigenvalue weighted by atomic mass is 9.88. The van der Waals surface area contributed by atoms with Crippen LogP contribution in [0.2, 0.25) is 0 Å². The largest absolute Gasteiger partial charge is 0.481 e. The molecule has 0 amide bonds. The first-order chi connectivity index (χ1) is 11.9. The first-order valence-electron chi connectivity index (χ1n) is 9.36. The fourth-order valence-corrected chi connectivity index (χ4v) is 2.99. The molecule has 0 aromatic heterocycles. The predicted molar refractivity (Wildman–Crippen MR) is 100 cm³/mol. The highest BCUT2D eigenvalue weighted by Gasteiger charge is 2.28. The molecule has 1 aliphatic rings. The number of carbonyl (C=O) groups excluding carboxylic acids is 1. The summed E-state index contributed by atoms with van der Waals surface area (Å²) < 4.78 is 0. The fourth-order valence-electron chi connectivity index (χ4n) is 2.99. The maximum absolute atomic E-state index is 12.0. The maximum atomic E-state index is 12.0. The van der Waals surface area contributed by atoms with Crippen LogP contribution >= 0.6 is 0 Å². The fraction of sp³-hybridized carbons (Fsp3) is 0.619. The molecular weight excluding hydrogens is 316 g/mol. The number of rotatable bonds is 12. The van der Waals surface area contributed by atoms with E-state index in [1.54, 1.807) is 6.08 Å². The van der Waals surface area contributed by atoms with Gasteiger partial charge in [-0.05, 0) is 38.7 Å². The third-order valence-corrected chi connectivity index (χ3v) is 4.59. The van der Waals surface area contributed by atoms with E-state index >= 15 is 0 Å². The number of hydrogen-bond donors (Lipinski definition) is 2. The van der Waals surface area contributed by atoms with Crippen LogP contribution in [0.25, 0.3) is 0 Å². The number of carbonyl (C=O) groups is 2. The van der Waals surface area contributed by atoms with Crippen molar-refractivity contribution in [3.8, 4) is 0 Å². The Kier molecular flexibility index (Phi) is 9.43. The summed E-state index contributed by atoms with van der Waals surface area (Å²) in [7, 11) is 0. The van der Waals surface area contributed by atoms with Gasteiger partial charge >= 0.3 is 5.97 Å². The molecule has 0 aromatic rings. The average Bonchev–Trinajstić information content (AvgIpc) is 2.89. The molecule has 0 heterocycles. The minimum atomic E-state index is -0.828. The second-order valence-electron chi connectivity index (χ2n) is 7.11. The molecule has 0 aromatic carbocycles. The zero-order chi connectivity index (χ0) is 18.7. The van der Waals surface area contributed by atoms with Gasteiger partial charge < -0.3 is 10.2 Å². The average molecular weight is 348 g/mol. The molecule has 0 saturated heterocycles. The van der Waals surface area contributed by atoms with Crippen LogP contribution in [-0.4, -0.2) is 27.6 Å².